The van der Waals surface area contributed by atoms with Gasteiger partial charge in [-0.05, 0) is 36.4 Å². The van der Waals surface area contributed by atoms with Crippen LogP contribution in [-0.4, -0.2) is 25.5 Å². The first kappa shape index (κ1) is 18.0. The van der Waals surface area contributed by atoms with Gasteiger partial charge in [0.05, 0.1) is 35.0 Å². The molecule has 24 heavy (non-hydrogen) atoms. The zero-order valence-electron chi connectivity index (χ0n) is 12.5. The molecule has 8 heteroatoms. The van der Waals surface area contributed by atoms with Crippen LogP contribution in [0.15, 0.2) is 36.4 Å². The van der Waals surface area contributed by atoms with Gasteiger partial charge in [-0.1, -0.05) is 23.2 Å². The van der Waals surface area contributed by atoms with E-state index in [0.717, 1.165) is 0 Å². The Morgan fingerprint density at radius 2 is 1.88 bits per heavy atom. The Labute approximate surface area is 147 Å². The first-order valence-corrected chi connectivity index (χ1v) is 7.53. The minimum Gasteiger partial charge on any atom is -0.465 e. The Morgan fingerprint density at radius 1 is 1.12 bits per heavy atom. The van der Waals surface area contributed by atoms with Crippen LogP contribution in [0.1, 0.15) is 10.4 Å². The van der Waals surface area contributed by atoms with Crippen LogP contribution in [0.3, 0.4) is 0 Å². The van der Waals surface area contributed by atoms with E-state index >= 15 is 0 Å². The molecule has 0 aliphatic carbocycles. The van der Waals surface area contributed by atoms with Crippen LogP contribution >= 0.6 is 23.2 Å². The lowest BCUT2D eigenvalue weighted by Gasteiger charge is -2.10. The lowest BCUT2D eigenvalue weighted by atomic mass is 10.2. The third-order valence-electron chi connectivity index (χ3n) is 3.03. The minimum atomic E-state index is -0.543. The number of ether oxygens (including phenoxy) is 1. The van der Waals surface area contributed by atoms with Crippen molar-refractivity contribution in [2.75, 3.05) is 24.3 Å². The summed E-state index contributed by atoms with van der Waals surface area (Å²) in [5, 5.41) is 5.61. The monoisotopic (exact) mass is 370 g/mol. The molecule has 0 fully saturated rings. The molecule has 0 atom stereocenters. The Bertz CT molecular complexity index is 784. The van der Waals surface area contributed by atoms with E-state index in [0.29, 0.717) is 5.69 Å². The average Bonchev–Trinajstić information content (AvgIpc) is 2.57. The van der Waals surface area contributed by atoms with E-state index in [9.17, 15) is 14.0 Å². The second kappa shape index (κ2) is 7.99. The number of hydrogen-bond donors (Lipinski definition) is 2. The molecule has 2 N–H and O–H groups in total. The van der Waals surface area contributed by atoms with Gasteiger partial charge in [-0.25, -0.2) is 9.18 Å². The summed E-state index contributed by atoms with van der Waals surface area (Å²) in [7, 11) is 1.26. The smallest absolute Gasteiger partial charge is 0.337 e. The normalized spacial score (nSPS) is 10.2. The Kier molecular flexibility index (Phi) is 6.00. The minimum absolute atomic E-state index is 0.0470. The predicted molar refractivity (Wildman–Crippen MR) is 91.3 cm³/mol. The first-order valence-electron chi connectivity index (χ1n) is 6.77. The maximum absolute atomic E-state index is 13.1. The third kappa shape index (κ3) is 4.59. The van der Waals surface area contributed by atoms with E-state index in [2.05, 4.69) is 15.4 Å². The van der Waals surface area contributed by atoms with E-state index in [1.165, 1.54) is 43.5 Å². The van der Waals surface area contributed by atoms with Crippen molar-refractivity contribution in [2.24, 2.45) is 0 Å². The van der Waals surface area contributed by atoms with Crippen LogP contribution in [0.2, 0.25) is 10.0 Å². The number of carbonyl (C=O) groups is 2. The molecule has 2 rings (SSSR count). The molecule has 1 amide bonds. The number of hydrogen-bond acceptors (Lipinski definition) is 4. The van der Waals surface area contributed by atoms with Gasteiger partial charge in [0.1, 0.15) is 5.82 Å². The summed E-state index contributed by atoms with van der Waals surface area (Å²) in [6, 6.07) is 8.41. The van der Waals surface area contributed by atoms with Crippen LogP contribution in [-0.2, 0) is 9.53 Å². The number of methoxy groups -OCH3 is 1. The van der Waals surface area contributed by atoms with Crippen molar-refractivity contribution in [3.63, 3.8) is 0 Å². The number of anilines is 2. The van der Waals surface area contributed by atoms with Gasteiger partial charge in [-0.3, -0.25) is 4.79 Å². The number of benzene rings is 2. The van der Waals surface area contributed by atoms with Crippen molar-refractivity contribution in [3.8, 4) is 0 Å². The van der Waals surface area contributed by atoms with Gasteiger partial charge < -0.3 is 15.4 Å². The molecule has 0 saturated carbocycles. The fourth-order valence-electron chi connectivity index (χ4n) is 1.85. The molecular weight excluding hydrogens is 358 g/mol. The molecule has 126 valence electrons. The summed E-state index contributed by atoms with van der Waals surface area (Å²) < 4.78 is 17.7. The number of rotatable bonds is 5. The molecule has 0 aromatic heterocycles. The molecule has 0 bridgehead atoms. The number of nitrogens with one attached hydrogen (secondary N) is 2. The van der Waals surface area contributed by atoms with Crippen LogP contribution in [0.4, 0.5) is 15.8 Å². The van der Waals surface area contributed by atoms with Gasteiger partial charge in [0.15, 0.2) is 0 Å². The number of halogens is 3. The van der Waals surface area contributed by atoms with Crippen molar-refractivity contribution >= 4 is 46.5 Å². The standard InChI is InChI=1S/C16H13Cl2FN2O3/c1-24-16(23)9-2-4-11(17)14(6-9)21-15(22)8-20-10-3-5-13(19)12(18)7-10/h2-7,20H,8H2,1H3,(H,21,22). The SMILES string of the molecule is COC(=O)c1ccc(Cl)c(NC(=O)CNc2ccc(F)c(Cl)c2)c1. The fourth-order valence-corrected chi connectivity index (χ4v) is 2.19. The maximum atomic E-state index is 13.1. The molecule has 0 aliphatic rings. The second-order valence-corrected chi connectivity index (χ2v) is 5.53. The van der Waals surface area contributed by atoms with Crippen molar-refractivity contribution in [3.05, 3.63) is 57.8 Å². The van der Waals surface area contributed by atoms with E-state index in [1.807, 2.05) is 0 Å². The van der Waals surface area contributed by atoms with Gasteiger partial charge >= 0.3 is 5.97 Å². The van der Waals surface area contributed by atoms with Crippen molar-refractivity contribution < 1.29 is 18.7 Å². The molecule has 0 unspecified atom stereocenters. The summed E-state index contributed by atoms with van der Waals surface area (Å²) in [5.74, 6) is -1.49. The van der Waals surface area contributed by atoms with E-state index in [-0.39, 0.29) is 27.8 Å². The van der Waals surface area contributed by atoms with E-state index < -0.39 is 17.7 Å². The highest BCUT2D eigenvalue weighted by atomic mass is 35.5. The Balaban J connectivity index is 2.01. The highest BCUT2D eigenvalue weighted by Crippen LogP contribution is 2.23. The fraction of sp³-hybridized carbons (Fsp3) is 0.125. The Hall–Kier alpha value is -2.31. The van der Waals surface area contributed by atoms with Crippen LogP contribution < -0.4 is 10.6 Å². The molecular formula is C16H13Cl2FN2O3. The zero-order valence-corrected chi connectivity index (χ0v) is 14.0. The van der Waals surface area contributed by atoms with Crippen LogP contribution in [0.25, 0.3) is 0 Å². The third-order valence-corrected chi connectivity index (χ3v) is 3.65. The maximum Gasteiger partial charge on any atom is 0.337 e. The molecule has 5 nitrogen and oxygen atoms in total. The zero-order chi connectivity index (χ0) is 17.7. The van der Waals surface area contributed by atoms with Gasteiger partial charge in [-0.2, -0.15) is 0 Å². The summed E-state index contributed by atoms with van der Waals surface area (Å²) in [5.41, 5.74) is 1.03. The Morgan fingerprint density at radius 3 is 2.54 bits per heavy atom. The second-order valence-electron chi connectivity index (χ2n) is 4.72. The number of carbonyl (C=O) groups excluding carboxylic acids is 2. The van der Waals surface area contributed by atoms with Crippen molar-refractivity contribution in [1.82, 2.24) is 0 Å². The van der Waals surface area contributed by atoms with Crippen LogP contribution in [0, 0.1) is 5.82 Å². The van der Waals surface area contributed by atoms with E-state index in [1.54, 1.807) is 0 Å². The molecule has 2 aromatic rings. The molecule has 0 aliphatic heterocycles. The summed E-state index contributed by atoms with van der Waals surface area (Å²) >= 11 is 11.7. The summed E-state index contributed by atoms with van der Waals surface area (Å²) in [4.78, 5) is 23.5. The highest BCUT2D eigenvalue weighted by molar-refractivity contribution is 6.34. The number of amides is 1. The first-order chi connectivity index (χ1) is 11.4. The predicted octanol–water partition coefficient (Wildman–Crippen LogP) is 3.97. The topological polar surface area (TPSA) is 67.4 Å². The van der Waals surface area contributed by atoms with Gasteiger partial charge in [0.2, 0.25) is 5.91 Å². The summed E-state index contributed by atoms with van der Waals surface area (Å²) in [6.07, 6.45) is 0. The van der Waals surface area contributed by atoms with Gasteiger partial charge in [0.25, 0.3) is 0 Å². The largest absolute Gasteiger partial charge is 0.465 e. The molecule has 0 saturated heterocycles. The van der Waals surface area contributed by atoms with Crippen molar-refractivity contribution in [2.45, 2.75) is 0 Å². The lowest BCUT2D eigenvalue weighted by Crippen LogP contribution is -2.22. The van der Waals surface area contributed by atoms with Gasteiger partial charge in [-0.15, -0.1) is 0 Å². The molecule has 0 spiro atoms. The van der Waals surface area contributed by atoms with E-state index in [4.69, 9.17) is 23.2 Å². The van der Waals surface area contributed by atoms with Gasteiger partial charge in [0, 0.05) is 5.69 Å². The average molecular weight is 371 g/mol. The van der Waals surface area contributed by atoms with Crippen LogP contribution in [0.5, 0.6) is 0 Å². The van der Waals surface area contributed by atoms with Crippen molar-refractivity contribution in [1.29, 1.82) is 0 Å². The number of esters is 1. The summed E-state index contributed by atoms with van der Waals surface area (Å²) in [6.45, 7) is -0.0965. The lowest BCUT2D eigenvalue weighted by molar-refractivity contribution is -0.114. The molecule has 0 heterocycles. The highest BCUT2D eigenvalue weighted by Gasteiger charge is 2.11. The molecule has 0 radical (unpaired) electrons. The molecule has 2 aromatic carbocycles. The quantitative estimate of drug-likeness (QED) is 0.781.